The Labute approximate surface area is 169 Å². The summed E-state index contributed by atoms with van der Waals surface area (Å²) in [6.07, 6.45) is 5.29. The predicted molar refractivity (Wildman–Crippen MR) is 110 cm³/mol. The molecule has 1 aliphatic heterocycles. The molecule has 0 radical (unpaired) electrons. The van der Waals surface area contributed by atoms with E-state index in [4.69, 9.17) is 4.74 Å². The molecule has 0 atom stereocenters. The molecule has 0 bridgehead atoms. The fourth-order valence-electron chi connectivity index (χ4n) is 3.27. The first kappa shape index (κ1) is 18.7. The molecular formula is C20H23N7O2. The number of urea groups is 1. The van der Waals surface area contributed by atoms with Crippen LogP contribution in [0.4, 0.5) is 16.3 Å². The number of carbonyl (C=O) groups is 1. The fourth-order valence-corrected chi connectivity index (χ4v) is 3.27. The first-order chi connectivity index (χ1) is 14.1. The van der Waals surface area contributed by atoms with E-state index in [1.807, 2.05) is 42.0 Å². The number of aromatic nitrogens is 4. The number of nitrogens with zero attached hydrogens (tertiary/aromatic N) is 6. The van der Waals surface area contributed by atoms with Gasteiger partial charge in [0, 0.05) is 56.4 Å². The van der Waals surface area contributed by atoms with Crippen molar-refractivity contribution in [1.29, 1.82) is 0 Å². The van der Waals surface area contributed by atoms with Crippen molar-refractivity contribution in [2.75, 3.05) is 43.5 Å². The molecule has 0 spiro atoms. The van der Waals surface area contributed by atoms with Gasteiger partial charge >= 0.3 is 6.03 Å². The van der Waals surface area contributed by atoms with E-state index in [0.717, 1.165) is 11.6 Å². The van der Waals surface area contributed by atoms with E-state index in [1.54, 1.807) is 30.6 Å². The van der Waals surface area contributed by atoms with Crippen LogP contribution in [0, 0.1) is 6.92 Å². The normalized spacial score (nSPS) is 14.0. The molecule has 29 heavy (non-hydrogen) atoms. The zero-order valence-corrected chi connectivity index (χ0v) is 16.4. The molecule has 150 valence electrons. The number of hydrogen-bond donors (Lipinski definition) is 1. The van der Waals surface area contributed by atoms with Gasteiger partial charge in [0.2, 0.25) is 0 Å². The second-order valence-corrected chi connectivity index (χ2v) is 6.74. The highest BCUT2D eigenvalue weighted by molar-refractivity contribution is 5.89. The van der Waals surface area contributed by atoms with Crippen LogP contribution in [0.2, 0.25) is 0 Å². The van der Waals surface area contributed by atoms with E-state index < -0.39 is 0 Å². The van der Waals surface area contributed by atoms with Gasteiger partial charge in [0.05, 0.1) is 7.11 Å². The molecule has 1 N–H and O–H groups in total. The Hall–Kier alpha value is -3.62. The molecule has 1 aliphatic rings. The highest BCUT2D eigenvalue weighted by Crippen LogP contribution is 2.19. The van der Waals surface area contributed by atoms with Crippen LogP contribution in [0.5, 0.6) is 5.75 Å². The lowest BCUT2D eigenvalue weighted by molar-refractivity contribution is 0.208. The maximum Gasteiger partial charge on any atom is 0.321 e. The van der Waals surface area contributed by atoms with Crippen molar-refractivity contribution in [3.8, 4) is 11.6 Å². The molecule has 1 saturated heterocycles. The first-order valence-electron chi connectivity index (χ1n) is 9.41. The van der Waals surface area contributed by atoms with Crippen LogP contribution in [-0.2, 0) is 0 Å². The molecule has 3 heterocycles. The molecule has 1 aromatic carbocycles. The van der Waals surface area contributed by atoms with Crippen molar-refractivity contribution in [1.82, 2.24) is 24.4 Å². The molecular weight excluding hydrogens is 370 g/mol. The Morgan fingerprint density at radius 2 is 1.90 bits per heavy atom. The van der Waals surface area contributed by atoms with E-state index in [-0.39, 0.29) is 6.03 Å². The number of anilines is 2. The second kappa shape index (κ2) is 8.17. The van der Waals surface area contributed by atoms with Crippen molar-refractivity contribution in [2.24, 2.45) is 0 Å². The summed E-state index contributed by atoms with van der Waals surface area (Å²) in [5, 5.41) is 2.93. The number of benzene rings is 1. The van der Waals surface area contributed by atoms with Gasteiger partial charge in [-0.25, -0.2) is 19.7 Å². The van der Waals surface area contributed by atoms with Gasteiger partial charge < -0.3 is 19.9 Å². The van der Waals surface area contributed by atoms with E-state index in [2.05, 4.69) is 25.2 Å². The fraction of sp³-hybridized carbons (Fsp3) is 0.300. The number of aryl methyl sites for hydroxylation is 1. The number of rotatable bonds is 4. The number of carbonyl (C=O) groups excluding carboxylic acids is 1. The summed E-state index contributed by atoms with van der Waals surface area (Å²) < 4.78 is 7.06. The quantitative estimate of drug-likeness (QED) is 0.732. The van der Waals surface area contributed by atoms with Gasteiger partial charge in [0.15, 0.2) is 0 Å². The minimum Gasteiger partial charge on any atom is -0.497 e. The Bertz CT molecular complexity index is 982. The number of imidazole rings is 1. The standard InChI is InChI=1S/C20H23N7O2/c1-15-22-18(13-19(23-15)27-7-6-21-14-27)25-8-10-26(11-9-25)20(28)24-16-4-3-5-17(12-16)29-2/h3-7,12-14H,8-11H2,1-2H3,(H,24,28). The third kappa shape index (κ3) is 4.29. The molecule has 9 nitrogen and oxygen atoms in total. The number of nitrogens with one attached hydrogen (secondary N) is 1. The van der Waals surface area contributed by atoms with Gasteiger partial charge in [-0.1, -0.05) is 6.07 Å². The maximum absolute atomic E-state index is 12.6. The Kier molecular flexibility index (Phi) is 5.28. The van der Waals surface area contributed by atoms with Gasteiger partial charge in [0.1, 0.15) is 29.5 Å². The van der Waals surface area contributed by atoms with Crippen LogP contribution in [0.3, 0.4) is 0 Å². The number of hydrogen-bond acceptors (Lipinski definition) is 6. The average molecular weight is 393 g/mol. The molecule has 0 saturated carbocycles. The summed E-state index contributed by atoms with van der Waals surface area (Å²) >= 11 is 0. The van der Waals surface area contributed by atoms with Crippen LogP contribution in [-0.4, -0.2) is 63.7 Å². The maximum atomic E-state index is 12.6. The van der Waals surface area contributed by atoms with Gasteiger partial charge in [-0.3, -0.25) is 4.57 Å². The Morgan fingerprint density at radius 3 is 2.62 bits per heavy atom. The lowest BCUT2D eigenvalue weighted by Crippen LogP contribution is -2.50. The SMILES string of the molecule is COc1cccc(NC(=O)N2CCN(c3cc(-n4ccnc4)nc(C)n3)CC2)c1. The van der Waals surface area contributed by atoms with Crippen molar-refractivity contribution in [3.63, 3.8) is 0 Å². The lowest BCUT2D eigenvalue weighted by Gasteiger charge is -2.35. The molecule has 0 aliphatic carbocycles. The number of ether oxygens (including phenoxy) is 1. The average Bonchev–Trinajstić information content (AvgIpc) is 3.28. The molecule has 2 aromatic heterocycles. The molecule has 1 fully saturated rings. The van der Waals surface area contributed by atoms with Crippen LogP contribution < -0.4 is 15.0 Å². The molecule has 0 unspecified atom stereocenters. The number of piperazine rings is 1. The van der Waals surface area contributed by atoms with Crippen molar-refractivity contribution < 1.29 is 9.53 Å². The molecule has 4 rings (SSSR count). The monoisotopic (exact) mass is 393 g/mol. The van der Waals surface area contributed by atoms with Crippen molar-refractivity contribution in [2.45, 2.75) is 6.92 Å². The highest BCUT2D eigenvalue weighted by Gasteiger charge is 2.23. The summed E-state index contributed by atoms with van der Waals surface area (Å²) in [6, 6.07) is 9.17. The predicted octanol–water partition coefficient (Wildman–Crippen LogP) is 2.33. The Balaban J connectivity index is 1.40. The van der Waals surface area contributed by atoms with E-state index in [1.165, 1.54) is 0 Å². The van der Waals surface area contributed by atoms with E-state index >= 15 is 0 Å². The topological polar surface area (TPSA) is 88.4 Å². The number of amides is 2. The molecule has 2 amide bonds. The first-order valence-corrected chi connectivity index (χ1v) is 9.41. The van der Waals surface area contributed by atoms with Gasteiger partial charge in [-0.05, 0) is 19.1 Å². The molecule has 3 aromatic rings. The van der Waals surface area contributed by atoms with E-state index in [0.29, 0.717) is 43.4 Å². The van der Waals surface area contributed by atoms with Crippen LogP contribution in [0.1, 0.15) is 5.82 Å². The smallest absolute Gasteiger partial charge is 0.321 e. The second-order valence-electron chi connectivity index (χ2n) is 6.74. The van der Waals surface area contributed by atoms with Gasteiger partial charge in [0.25, 0.3) is 0 Å². The summed E-state index contributed by atoms with van der Waals surface area (Å²) in [7, 11) is 1.60. The zero-order chi connectivity index (χ0) is 20.2. The number of methoxy groups -OCH3 is 1. The van der Waals surface area contributed by atoms with Gasteiger partial charge in [-0.2, -0.15) is 0 Å². The van der Waals surface area contributed by atoms with Crippen LogP contribution in [0.15, 0.2) is 49.1 Å². The van der Waals surface area contributed by atoms with Crippen molar-refractivity contribution in [3.05, 3.63) is 54.9 Å². The third-order valence-electron chi connectivity index (χ3n) is 4.79. The van der Waals surface area contributed by atoms with Crippen molar-refractivity contribution >= 4 is 17.5 Å². The third-order valence-corrected chi connectivity index (χ3v) is 4.79. The minimum absolute atomic E-state index is 0.115. The summed E-state index contributed by atoms with van der Waals surface area (Å²) in [6.45, 7) is 4.50. The largest absolute Gasteiger partial charge is 0.497 e. The highest BCUT2D eigenvalue weighted by atomic mass is 16.5. The summed E-state index contributed by atoms with van der Waals surface area (Å²) in [5.41, 5.74) is 0.716. The van der Waals surface area contributed by atoms with Crippen LogP contribution in [0.25, 0.3) is 5.82 Å². The summed E-state index contributed by atoms with van der Waals surface area (Å²) in [4.78, 5) is 29.7. The zero-order valence-electron chi connectivity index (χ0n) is 16.4. The Morgan fingerprint density at radius 1 is 1.10 bits per heavy atom. The van der Waals surface area contributed by atoms with Crippen LogP contribution >= 0.6 is 0 Å². The lowest BCUT2D eigenvalue weighted by atomic mass is 10.3. The summed E-state index contributed by atoms with van der Waals surface area (Å²) in [5.74, 6) is 3.04. The minimum atomic E-state index is -0.115. The molecule has 9 heteroatoms. The van der Waals surface area contributed by atoms with Gasteiger partial charge in [-0.15, -0.1) is 0 Å². The van der Waals surface area contributed by atoms with E-state index in [9.17, 15) is 4.79 Å².